The minimum absolute atomic E-state index is 0.518. The fourth-order valence-corrected chi connectivity index (χ4v) is 3.07. The van der Waals surface area contributed by atoms with Crippen LogP contribution in [-0.2, 0) is 18.8 Å². The van der Waals surface area contributed by atoms with Gasteiger partial charge in [-0.15, -0.1) is 22.9 Å². The first-order valence-electron chi connectivity index (χ1n) is 6.49. The van der Waals surface area contributed by atoms with E-state index in [-0.39, 0.29) is 0 Å². The summed E-state index contributed by atoms with van der Waals surface area (Å²) in [5, 5.41) is 3.25. The van der Waals surface area contributed by atoms with Crippen LogP contribution in [0.25, 0.3) is 0 Å². The van der Waals surface area contributed by atoms with Crippen LogP contribution in [0.2, 0.25) is 0 Å². The molecule has 0 N–H and O–H groups in total. The van der Waals surface area contributed by atoms with Crippen molar-refractivity contribution in [2.75, 3.05) is 13.6 Å². The number of rotatable bonds is 7. The van der Waals surface area contributed by atoms with E-state index in [4.69, 9.17) is 11.6 Å². The summed E-state index contributed by atoms with van der Waals surface area (Å²) in [6.45, 7) is 2.09. The molecule has 0 radical (unpaired) electrons. The van der Waals surface area contributed by atoms with Crippen LogP contribution in [0.1, 0.15) is 22.7 Å². The Bertz CT molecular complexity index is 484. The van der Waals surface area contributed by atoms with Crippen LogP contribution in [0.4, 0.5) is 0 Å². The number of halogens is 1. The van der Waals surface area contributed by atoms with Gasteiger partial charge in [0, 0.05) is 18.3 Å². The molecule has 0 aliphatic heterocycles. The molecule has 1 aromatic heterocycles. The predicted molar refractivity (Wildman–Crippen MR) is 82.8 cm³/mol. The van der Waals surface area contributed by atoms with Gasteiger partial charge in [-0.2, -0.15) is 0 Å². The van der Waals surface area contributed by atoms with E-state index in [0.717, 1.165) is 31.6 Å². The van der Waals surface area contributed by atoms with Crippen LogP contribution < -0.4 is 0 Å². The molecule has 0 amide bonds. The maximum Gasteiger partial charge on any atom is 0.0929 e. The first-order chi connectivity index (χ1) is 9.28. The van der Waals surface area contributed by atoms with Gasteiger partial charge in [0.05, 0.1) is 16.6 Å². The van der Waals surface area contributed by atoms with Crippen molar-refractivity contribution in [2.45, 2.75) is 25.3 Å². The van der Waals surface area contributed by atoms with Crippen molar-refractivity contribution in [2.24, 2.45) is 0 Å². The number of thiazole rings is 1. The first kappa shape index (κ1) is 14.5. The highest BCUT2D eigenvalue weighted by molar-refractivity contribution is 7.09. The Labute approximate surface area is 124 Å². The van der Waals surface area contributed by atoms with E-state index >= 15 is 0 Å². The number of alkyl halides is 1. The average Bonchev–Trinajstić information content (AvgIpc) is 2.88. The monoisotopic (exact) mass is 294 g/mol. The van der Waals surface area contributed by atoms with Crippen LogP contribution >= 0.6 is 22.9 Å². The summed E-state index contributed by atoms with van der Waals surface area (Å²) in [6, 6.07) is 10.6. The Morgan fingerprint density at radius 3 is 2.74 bits per heavy atom. The minimum atomic E-state index is 0.518. The van der Waals surface area contributed by atoms with Gasteiger partial charge in [-0.1, -0.05) is 30.3 Å². The van der Waals surface area contributed by atoms with Crippen LogP contribution in [0.5, 0.6) is 0 Å². The van der Waals surface area contributed by atoms with Gasteiger partial charge < -0.3 is 4.90 Å². The second kappa shape index (κ2) is 7.63. The van der Waals surface area contributed by atoms with Gasteiger partial charge >= 0.3 is 0 Å². The zero-order chi connectivity index (χ0) is 13.5. The molecule has 0 atom stereocenters. The fraction of sp³-hybridized carbons (Fsp3) is 0.400. The molecule has 1 heterocycles. The topological polar surface area (TPSA) is 16.1 Å². The molecule has 102 valence electrons. The summed E-state index contributed by atoms with van der Waals surface area (Å²) in [5.41, 5.74) is 2.36. The molecule has 2 rings (SSSR count). The highest BCUT2D eigenvalue weighted by Crippen LogP contribution is 2.13. The molecule has 0 bridgehead atoms. The quantitative estimate of drug-likeness (QED) is 0.719. The van der Waals surface area contributed by atoms with Crippen LogP contribution in [0.15, 0.2) is 35.7 Å². The molecule has 1 aromatic carbocycles. The SMILES string of the molecule is CN(CCCc1nc(CCl)cs1)Cc1ccccc1. The number of hydrogen-bond donors (Lipinski definition) is 0. The minimum Gasteiger partial charge on any atom is -0.302 e. The zero-order valence-corrected chi connectivity index (χ0v) is 12.8. The fourth-order valence-electron chi connectivity index (χ4n) is 2.00. The van der Waals surface area contributed by atoms with E-state index in [1.165, 1.54) is 10.6 Å². The van der Waals surface area contributed by atoms with E-state index in [2.05, 4.69) is 52.6 Å². The standard InChI is InChI=1S/C15H19ClN2S/c1-18(11-13-6-3-2-4-7-13)9-5-8-15-17-14(10-16)12-19-15/h2-4,6-7,12H,5,8-11H2,1H3. The van der Waals surface area contributed by atoms with Gasteiger partial charge in [0.15, 0.2) is 0 Å². The van der Waals surface area contributed by atoms with Crippen LogP contribution in [0, 0.1) is 0 Å². The van der Waals surface area contributed by atoms with Crippen molar-refractivity contribution in [3.63, 3.8) is 0 Å². The predicted octanol–water partition coefficient (Wildman–Crippen LogP) is 3.95. The molecule has 0 saturated carbocycles. The molecule has 0 aliphatic rings. The van der Waals surface area contributed by atoms with E-state index in [9.17, 15) is 0 Å². The summed E-state index contributed by atoms with van der Waals surface area (Å²) < 4.78 is 0. The molecular formula is C15H19ClN2S. The third-order valence-electron chi connectivity index (χ3n) is 2.96. The lowest BCUT2D eigenvalue weighted by Crippen LogP contribution is -2.19. The number of benzene rings is 1. The van der Waals surface area contributed by atoms with Crippen LogP contribution in [-0.4, -0.2) is 23.5 Å². The smallest absolute Gasteiger partial charge is 0.0929 e. The van der Waals surface area contributed by atoms with Gasteiger partial charge in [-0.05, 0) is 25.6 Å². The lowest BCUT2D eigenvalue weighted by molar-refractivity contribution is 0.322. The summed E-state index contributed by atoms with van der Waals surface area (Å²) in [4.78, 5) is 6.83. The van der Waals surface area contributed by atoms with E-state index < -0.39 is 0 Å². The Morgan fingerprint density at radius 2 is 2.05 bits per heavy atom. The number of aryl methyl sites for hydroxylation is 1. The van der Waals surface area contributed by atoms with Crippen molar-refractivity contribution in [3.05, 3.63) is 52.0 Å². The second-order valence-corrected chi connectivity index (χ2v) is 5.90. The normalized spacial score (nSPS) is 11.1. The largest absolute Gasteiger partial charge is 0.302 e. The molecule has 0 fully saturated rings. The molecule has 0 aliphatic carbocycles. The molecule has 0 spiro atoms. The zero-order valence-electron chi connectivity index (χ0n) is 11.2. The van der Waals surface area contributed by atoms with Crippen molar-refractivity contribution in [1.82, 2.24) is 9.88 Å². The molecular weight excluding hydrogens is 276 g/mol. The van der Waals surface area contributed by atoms with Crippen molar-refractivity contribution >= 4 is 22.9 Å². The molecule has 19 heavy (non-hydrogen) atoms. The highest BCUT2D eigenvalue weighted by atomic mass is 35.5. The van der Waals surface area contributed by atoms with Crippen LogP contribution in [0.3, 0.4) is 0 Å². The third kappa shape index (κ3) is 4.94. The highest BCUT2D eigenvalue weighted by Gasteiger charge is 2.03. The van der Waals surface area contributed by atoms with E-state index in [1.54, 1.807) is 11.3 Å². The van der Waals surface area contributed by atoms with Gasteiger partial charge in [-0.3, -0.25) is 0 Å². The summed E-state index contributed by atoms with van der Waals surface area (Å²) >= 11 is 7.47. The van der Waals surface area contributed by atoms with Gasteiger partial charge in [-0.25, -0.2) is 4.98 Å². The molecule has 0 unspecified atom stereocenters. The van der Waals surface area contributed by atoms with E-state index in [1.807, 2.05) is 0 Å². The summed E-state index contributed by atoms with van der Waals surface area (Å²) in [5.74, 6) is 0.518. The maximum absolute atomic E-state index is 5.75. The maximum atomic E-state index is 5.75. The average molecular weight is 295 g/mol. The molecule has 0 saturated heterocycles. The first-order valence-corrected chi connectivity index (χ1v) is 7.91. The summed E-state index contributed by atoms with van der Waals surface area (Å²) in [7, 11) is 2.17. The number of aromatic nitrogens is 1. The van der Waals surface area contributed by atoms with Gasteiger partial charge in [0.25, 0.3) is 0 Å². The Morgan fingerprint density at radius 1 is 1.26 bits per heavy atom. The van der Waals surface area contributed by atoms with Gasteiger partial charge in [0.2, 0.25) is 0 Å². The molecule has 4 heteroatoms. The second-order valence-electron chi connectivity index (χ2n) is 4.69. The number of hydrogen-bond acceptors (Lipinski definition) is 3. The van der Waals surface area contributed by atoms with Crippen molar-refractivity contribution in [1.29, 1.82) is 0 Å². The van der Waals surface area contributed by atoms with Gasteiger partial charge in [0.1, 0.15) is 0 Å². The Kier molecular flexibility index (Phi) is 5.83. The number of nitrogens with zero attached hydrogens (tertiary/aromatic N) is 2. The van der Waals surface area contributed by atoms with Crippen molar-refractivity contribution < 1.29 is 0 Å². The summed E-state index contributed by atoms with van der Waals surface area (Å²) in [6.07, 6.45) is 2.18. The molecule has 2 nitrogen and oxygen atoms in total. The lowest BCUT2D eigenvalue weighted by atomic mass is 10.2. The lowest BCUT2D eigenvalue weighted by Gasteiger charge is -2.16. The molecule has 2 aromatic rings. The Balaban J connectivity index is 1.70. The third-order valence-corrected chi connectivity index (χ3v) is 4.19. The van der Waals surface area contributed by atoms with Crippen molar-refractivity contribution in [3.8, 4) is 0 Å². The Hall–Kier alpha value is -0.900. The van der Waals surface area contributed by atoms with E-state index in [0.29, 0.717) is 5.88 Å².